The number of halogens is 1. The van der Waals surface area contributed by atoms with Gasteiger partial charge < -0.3 is 9.84 Å². The molecule has 4 heteroatoms. The Hall–Kier alpha value is -0.380. The van der Waals surface area contributed by atoms with Crippen LogP contribution in [0.1, 0.15) is 25.5 Å². The molecule has 0 aliphatic rings. The van der Waals surface area contributed by atoms with Gasteiger partial charge in [-0.3, -0.25) is 0 Å². The van der Waals surface area contributed by atoms with Crippen molar-refractivity contribution in [3.63, 3.8) is 0 Å². The highest BCUT2D eigenvalue weighted by Gasteiger charge is 2.06. The Morgan fingerprint density at radius 2 is 2.25 bits per heavy atom. The van der Waals surface area contributed by atoms with Crippen LogP contribution in [0.15, 0.2) is 18.2 Å². The summed E-state index contributed by atoms with van der Waals surface area (Å²) in [5, 5.41) is 9.94. The molecule has 1 aromatic carbocycles. The third-order valence-electron chi connectivity index (χ3n) is 2.13. The van der Waals surface area contributed by atoms with Crippen molar-refractivity contribution in [2.75, 3.05) is 18.1 Å². The van der Waals surface area contributed by atoms with Crippen LogP contribution >= 0.6 is 23.4 Å². The maximum atomic E-state index is 9.38. The van der Waals surface area contributed by atoms with Crippen molar-refractivity contribution < 1.29 is 9.84 Å². The van der Waals surface area contributed by atoms with Gasteiger partial charge in [0.25, 0.3) is 0 Å². The lowest BCUT2D eigenvalue weighted by molar-refractivity contribution is 0.199. The Morgan fingerprint density at radius 1 is 1.50 bits per heavy atom. The van der Waals surface area contributed by atoms with Crippen LogP contribution in [0.4, 0.5) is 0 Å². The highest BCUT2D eigenvalue weighted by atomic mass is 35.5. The molecule has 0 saturated heterocycles. The minimum atomic E-state index is -0.498. The van der Waals surface area contributed by atoms with E-state index in [1.807, 2.05) is 17.8 Å². The second-order valence-corrected chi connectivity index (χ2v) is 5.21. The smallest absolute Gasteiger partial charge is 0.137 e. The molecule has 1 N–H and O–H groups in total. The van der Waals surface area contributed by atoms with Gasteiger partial charge in [-0.05, 0) is 30.4 Å². The number of benzene rings is 1. The molecule has 2 nitrogen and oxygen atoms in total. The first-order valence-corrected chi connectivity index (χ1v) is 6.86. The number of hydrogen-bond acceptors (Lipinski definition) is 3. The van der Waals surface area contributed by atoms with Crippen LogP contribution in [-0.4, -0.2) is 23.2 Å². The second-order valence-electron chi connectivity index (χ2n) is 3.41. The van der Waals surface area contributed by atoms with E-state index in [-0.39, 0.29) is 0 Å². The highest BCUT2D eigenvalue weighted by molar-refractivity contribution is 7.99. The molecule has 0 aliphatic carbocycles. The summed E-state index contributed by atoms with van der Waals surface area (Å²) in [7, 11) is 0. The van der Waals surface area contributed by atoms with E-state index >= 15 is 0 Å². The summed E-state index contributed by atoms with van der Waals surface area (Å²) in [4.78, 5) is 0. The molecular weight excluding hydrogens is 244 g/mol. The summed E-state index contributed by atoms with van der Waals surface area (Å²) in [5.41, 5.74) is 0.806. The van der Waals surface area contributed by atoms with E-state index in [1.54, 1.807) is 19.1 Å². The van der Waals surface area contributed by atoms with Crippen molar-refractivity contribution in [1.82, 2.24) is 0 Å². The van der Waals surface area contributed by atoms with Gasteiger partial charge in [0.2, 0.25) is 0 Å². The fraction of sp³-hybridized carbons (Fsp3) is 0.500. The molecule has 0 amide bonds. The Kier molecular flexibility index (Phi) is 6.03. The molecule has 0 aliphatic heterocycles. The fourth-order valence-corrected chi connectivity index (χ4v) is 1.98. The lowest BCUT2D eigenvalue weighted by Crippen LogP contribution is -2.01. The zero-order valence-corrected chi connectivity index (χ0v) is 11.1. The normalized spacial score (nSPS) is 12.5. The van der Waals surface area contributed by atoms with Gasteiger partial charge in [-0.25, -0.2) is 0 Å². The van der Waals surface area contributed by atoms with Crippen molar-refractivity contribution in [2.45, 2.75) is 20.0 Å². The molecule has 0 spiro atoms. The molecule has 16 heavy (non-hydrogen) atoms. The van der Waals surface area contributed by atoms with E-state index < -0.39 is 6.10 Å². The van der Waals surface area contributed by atoms with Gasteiger partial charge in [-0.1, -0.05) is 24.6 Å². The molecule has 0 heterocycles. The molecule has 1 rings (SSSR count). The largest absolute Gasteiger partial charge is 0.491 e. The predicted molar refractivity (Wildman–Crippen MR) is 70.6 cm³/mol. The topological polar surface area (TPSA) is 29.5 Å². The average molecular weight is 261 g/mol. The standard InChI is InChI=1S/C12H17ClO2S/c1-3-16-7-6-15-12-5-4-10(9(2)14)8-11(12)13/h4-5,8-9,14H,3,6-7H2,1-2H3/t9-/m1/s1. The van der Waals surface area contributed by atoms with Gasteiger partial charge in [-0.15, -0.1) is 0 Å². The summed E-state index contributed by atoms with van der Waals surface area (Å²) >= 11 is 7.88. The first kappa shape index (κ1) is 13.7. The van der Waals surface area contributed by atoms with Crippen LogP contribution in [0, 0.1) is 0 Å². The number of rotatable bonds is 6. The number of aliphatic hydroxyl groups excluding tert-OH is 1. The van der Waals surface area contributed by atoms with Crippen molar-refractivity contribution in [3.05, 3.63) is 28.8 Å². The Balaban J connectivity index is 2.54. The minimum Gasteiger partial charge on any atom is -0.491 e. The number of hydrogen-bond donors (Lipinski definition) is 1. The van der Waals surface area contributed by atoms with Crippen LogP contribution in [0.2, 0.25) is 5.02 Å². The molecule has 0 aromatic heterocycles. The predicted octanol–water partition coefficient (Wildman–Crippen LogP) is 3.53. The van der Waals surface area contributed by atoms with E-state index in [0.717, 1.165) is 17.1 Å². The van der Waals surface area contributed by atoms with Crippen LogP contribution in [0.3, 0.4) is 0 Å². The number of thioether (sulfide) groups is 1. The van der Waals surface area contributed by atoms with Gasteiger partial charge in [0.1, 0.15) is 5.75 Å². The van der Waals surface area contributed by atoms with E-state index in [1.165, 1.54) is 0 Å². The van der Waals surface area contributed by atoms with Crippen LogP contribution in [0.5, 0.6) is 5.75 Å². The molecule has 0 fully saturated rings. The van der Waals surface area contributed by atoms with Crippen molar-refractivity contribution in [3.8, 4) is 5.75 Å². The maximum absolute atomic E-state index is 9.38. The summed E-state index contributed by atoms with van der Waals surface area (Å²) in [6.45, 7) is 4.49. The van der Waals surface area contributed by atoms with Gasteiger partial charge >= 0.3 is 0 Å². The molecule has 1 aromatic rings. The molecule has 0 saturated carbocycles. The summed E-state index contributed by atoms with van der Waals surface area (Å²) < 4.78 is 5.54. The quantitative estimate of drug-likeness (QED) is 0.794. The molecular formula is C12H17ClO2S. The summed E-state index contributed by atoms with van der Waals surface area (Å²) in [6.07, 6.45) is -0.498. The maximum Gasteiger partial charge on any atom is 0.137 e. The minimum absolute atomic E-state index is 0.498. The fourth-order valence-electron chi connectivity index (χ4n) is 1.25. The Morgan fingerprint density at radius 3 is 2.81 bits per heavy atom. The van der Waals surface area contributed by atoms with E-state index in [0.29, 0.717) is 17.4 Å². The SMILES string of the molecule is CCSCCOc1ccc([C@@H](C)O)cc1Cl. The zero-order valence-electron chi connectivity index (χ0n) is 9.57. The van der Waals surface area contributed by atoms with Crippen molar-refractivity contribution >= 4 is 23.4 Å². The van der Waals surface area contributed by atoms with Crippen LogP contribution in [0.25, 0.3) is 0 Å². The van der Waals surface area contributed by atoms with Crippen molar-refractivity contribution in [2.24, 2.45) is 0 Å². The zero-order chi connectivity index (χ0) is 12.0. The third kappa shape index (κ3) is 4.24. The summed E-state index contributed by atoms with van der Waals surface area (Å²) in [6, 6.07) is 5.38. The van der Waals surface area contributed by atoms with E-state index in [4.69, 9.17) is 16.3 Å². The molecule has 0 bridgehead atoms. The monoisotopic (exact) mass is 260 g/mol. The van der Waals surface area contributed by atoms with E-state index in [9.17, 15) is 5.11 Å². The lowest BCUT2D eigenvalue weighted by atomic mass is 10.1. The van der Waals surface area contributed by atoms with Gasteiger partial charge in [0.05, 0.1) is 17.7 Å². The molecule has 0 radical (unpaired) electrons. The summed E-state index contributed by atoms with van der Waals surface area (Å²) in [5.74, 6) is 2.74. The second kappa shape index (κ2) is 7.05. The first-order chi connectivity index (χ1) is 7.65. The first-order valence-electron chi connectivity index (χ1n) is 5.33. The van der Waals surface area contributed by atoms with Crippen LogP contribution in [-0.2, 0) is 0 Å². The van der Waals surface area contributed by atoms with Gasteiger partial charge in [0.15, 0.2) is 0 Å². The average Bonchev–Trinajstić information content (AvgIpc) is 2.26. The van der Waals surface area contributed by atoms with Gasteiger partial charge in [0, 0.05) is 5.75 Å². The lowest BCUT2D eigenvalue weighted by Gasteiger charge is -2.10. The van der Waals surface area contributed by atoms with Crippen molar-refractivity contribution in [1.29, 1.82) is 0 Å². The third-order valence-corrected chi connectivity index (χ3v) is 3.29. The number of aliphatic hydroxyl groups is 1. The van der Waals surface area contributed by atoms with Crippen LogP contribution < -0.4 is 4.74 Å². The Labute approximate surface area is 106 Å². The highest BCUT2D eigenvalue weighted by Crippen LogP contribution is 2.27. The Bertz CT molecular complexity index is 329. The molecule has 1 atom stereocenters. The molecule has 0 unspecified atom stereocenters. The molecule has 90 valence electrons. The number of ether oxygens (including phenoxy) is 1. The van der Waals surface area contributed by atoms with E-state index in [2.05, 4.69) is 6.92 Å². The van der Waals surface area contributed by atoms with Gasteiger partial charge in [-0.2, -0.15) is 11.8 Å².